The summed E-state index contributed by atoms with van der Waals surface area (Å²) in [5.41, 5.74) is 1.24. The van der Waals surface area contributed by atoms with E-state index in [0.717, 1.165) is 9.54 Å². The number of fused-ring (bicyclic) bond motifs is 1. The highest BCUT2D eigenvalue weighted by Gasteiger charge is 2.24. The lowest BCUT2D eigenvalue weighted by molar-refractivity contribution is -0.182. The van der Waals surface area contributed by atoms with E-state index in [1.54, 1.807) is 42.5 Å². The lowest BCUT2D eigenvalue weighted by atomic mass is 9.84. The fourth-order valence-electron chi connectivity index (χ4n) is 3.81. The Balaban J connectivity index is 1.55. The number of halogens is 1. The Bertz CT molecular complexity index is 1560. The van der Waals surface area contributed by atoms with Gasteiger partial charge in [0.25, 0.3) is 15.9 Å². The van der Waals surface area contributed by atoms with Gasteiger partial charge in [-0.05, 0) is 54.1 Å². The molecule has 0 bridgehead atoms. The number of carbonyl (C=O) groups is 2. The highest BCUT2D eigenvalue weighted by Crippen LogP contribution is 2.26. The van der Waals surface area contributed by atoms with Gasteiger partial charge in [0.2, 0.25) is 0 Å². The Labute approximate surface area is 213 Å². The number of nitrogens with zero attached hydrogens (tertiary/aromatic N) is 1. The highest BCUT2D eigenvalue weighted by atomic mass is 35.5. The Kier molecular flexibility index (Phi) is 6.90. The van der Waals surface area contributed by atoms with Crippen molar-refractivity contribution in [2.75, 3.05) is 6.54 Å². The molecular weight excluding hydrogens is 504 g/mol. The van der Waals surface area contributed by atoms with Gasteiger partial charge in [0, 0.05) is 34.1 Å². The molecule has 0 aliphatic rings. The number of hydrogen-bond donors (Lipinski definition) is 2. The molecule has 8 nitrogen and oxygen atoms in total. The number of benzene rings is 3. The number of rotatable bonds is 7. The van der Waals surface area contributed by atoms with Gasteiger partial charge in [0.15, 0.2) is 0 Å². The molecule has 3 aromatic carbocycles. The summed E-state index contributed by atoms with van der Waals surface area (Å²) in [7, 11) is -3.92. The average molecular weight is 527 g/mol. The summed E-state index contributed by atoms with van der Waals surface area (Å²) in [5, 5.41) is 12.4. The zero-order chi connectivity index (χ0) is 26.1. The molecule has 4 rings (SSSR count). The quantitative estimate of drug-likeness (QED) is 0.262. The SMILES string of the molecule is CC(C)(CNC(=O)c1ccc2ccn(S(=O)(=O)c3cccc(Cl)c3)c2c1)c1ccc(C(=O)OO)cc1. The van der Waals surface area contributed by atoms with E-state index in [1.165, 1.54) is 36.5 Å². The second kappa shape index (κ2) is 9.77. The van der Waals surface area contributed by atoms with Crippen molar-refractivity contribution in [2.45, 2.75) is 24.2 Å². The minimum Gasteiger partial charge on any atom is -0.351 e. The molecule has 186 valence electrons. The van der Waals surface area contributed by atoms with E-state index < -0.39 is 21.4 Å². The third kappa shape index (κ3) is 4.99. The van der Waals surface area contributed by atoms with Crippen molar-refractivity contribution in [3.05, 3.63) is 101 Å². The molecule has 0 atom stereocenters. The van der Waals surface area contributed by atoms with Crippen LogP contribution in [-0.4, -0.2) is 36.1 Å². The molecule has 0 saturated carbocycles. The first kappa shape index (κ1) is 25.4. The Morgan fingerprint density at radius 3 is 2.36 bits per heavy atom. The standard InChI is InChI=1S/C26H23ClN2O6S/c1-26(2,20-10-8-18(9-11-20)25(31)35-32)16-28-24(30)19-7-6-17-12-13-29(23(17)14-19)36(33,34)22-5-3-4-21(27)15-22/h3-15,32H,16H2,1-2H3,(H,28,30). The van der Waals surface area contributed by atoms with Gasteiger partial charge in [0.1, 0.15) is 0 Å². The summed E-state index contributed by atoms with van der Waals surface area (Å²) in [6, 6.07) is 19.0. The maximum Gasteiger partial charge on any atom is 0.372 e. The second-order valence-electron chi connectivity index (χ2n) is 8.87. The summed E-state index contributed by atoms with van der Waals surface area (Å²) in [6.07, 6.45) is 1.45. The van der Waals surface area contributed by atoms with Crippen molar-refractivity contribution < 1.29 is 28.2 Å². The molecule has 0 unspecified atom stereocenters. The van der Waals surface area contributed by atoms with Crippen molar-refractivity contribution >= 4 is 44.4 Å². The van der Waals surface area contributed by atoms with Gasteiger partial charge in [-0.3, -0.25) is 9.68 Å². The van der Waals surface area contributed by atoms with Crippen LogP contribution in [0.2, 0.25) is 5.02 Å². The number of hydrogen-bond acceptors (Lipinski definition) is 6. The molecular formula is C26H23ClN2O6S. The van der Waals surface area contributed by atoms with E-state index >= 15 is 0 Å². The topological polar surface area (TPSA) is 115 Å². The number of nitrogens with one attached hydrogen (secondary N) is 1. The van der Waals surface area contributed by atoms with Gasteiger partial charge < -0.3 is 5.32 Å². The smallest absolute Gasteiger partial charge is 0.351 e. The predicted molar refractivity (Wildman–Crippen MR) is 136 cm³/mol. The molecule has 0 fully saturated rings. The van der Waals surface area contributed by atoms with Crippen molar-refractivity contribution in [1.29, 1.82) is 0 Å². The van der Waals surface area contributed by atoms with Gasteiger partial charge in [0.05, 0.1) is 16.0 Å². The Morgan fingerprint density at radius 1 is 1.00 bits per heavy atom. The normalized spacial score (nSPS) is 11.9. The maximum atomic E-state index is 13.2. The predicted octanol–water partition coefficient (Wildman–Crippen LogP) is 4.87. The van der Waals surface area contributed by atoms with E-state index in [2.05, 4.69) is 10.2 Å². The molecule has 1 aromatic heterocycles. The average Bonchev–Trinajstić information content (AvgIpc) is 3.31. The van der Waals surface area contributed by atoms with E-state index in [1.807, 2.05) is 13.8 Å². The van der Waals surface area contributed by atoms with Gasteiger partial charge in [-0.15, -0.1) is 0 Å². The zero-order valence-corrected chi connectivity index (χ0v) is 21.0. The van der Waals surface area contributed by atoms with E-state index in [0.29, 0.717) is 21.5 Å². The molecule has 0 saturated heterocycles. The second-order valence-corrected chi connectivity index (χ2v) is 11.1. The highest BCUT2D eigenvalue weighted by molar-refractivity contribution is 7.90. The summed E-state index contributed by atoms with van der Waals surface area (Å²) in [6.45, 7) is 4.13. The number of amides is 1. The first-order valence-corrected chi connectivity index (χ1v) is 12.7. The molecule has 2 N–H and O–H groups in total. The van der Waals surface area contributed by atoms with Crippen LogP contribution in [0.5, 0.6) is 0 Å². The largest absolute Gasteiger partial charge is 0.372 e. The molecule has 10 heteroatoms. The maximum absolute atomic E-state index is 13.2. The van der Waals surface area contributed by atoms with Gasteiger partial charge >= 0.3 is 5.97 Å². The van der Waals surface area contributed by atoms with Gasteiger partial charge in [-0.1, -0.05) is 49.7 Å². The number of carbonyl (C=O) groups excluding carboxylic acids is 2. The lowest BCUT2D eigenvalue weighted by Crippen LogP contribution is -2.36. The van der Waals surface area contributed by atoms with Crippen LogP contribution >= 0.6 is 11.6 Å². The fraction of sp³-hybridized carbons (Fsp3) is 0.154. The summed E-state index contributed by atoms with van der Waals surface area (Å²) in [5.74, 6) is -1.22. The molecule has 0 aliphatic carbocycles. The molecule has 1 heterocycles. The van der Waals surface area contributed by atoms with E-state index in [9.17, 15) is 18.0 Å². The van der Waals surface area contributed by atoms with Crippen molar-refractivity contribution in [3.8, 4) is 0 Å². The van der Waals surface area contributed by atoms with Crippen LogP contribution in [-0.2, 0) is 20.3 Å². The molecule has 1 amide bonds. The molecule has 0 aliphatic heterocycles. The van der Waals surface area contributed by atoms with E-state index in [4.69, 9.17) is 16.9 Å². The van der Waals surface area contributed by atoms with Crippen LogP contribution in [0.25, 0.3) is 10.9 Å². The van der Waals surface area contributed by atoms with Gasteiger partial charge in [-0.25, -0.2) is 17.2 Å². The summed E-state index contributed by atoms with van der Waals surface area (Å²) < 4.78 is 27.5. The van der Waals surface area contributed by atoms with E-state index in [-0.39, 0.29) is 22.9 Å². The zero-order valence-electron chi connectivity index (χ0n) is 19.4. The molecule has 0 spiro atoms. The Morgan fingerprint density at radius 2 is 1.69 bits per heavy atom. The van der Waals surface area contributed by atoms with Crippen LogP contribution in [0.1, 0.15) is 40.1 Å². The summed E-state index contributed by atoms with van der Waals surface area (Å²) >= 11 is 5.98. The third-order valence-corrected chi connectivity index (χ3v) is 7.87. The van der Waals surface area contributed by atoms with Crippen LogP contribution in [0.15, 0.2) is 83.9 Å². The van der Waals surface area contributed by atoms with Crippen LogP contribution in [0.3, 0.4) is 0 Å². The van der Waals surface area contributed by atoms with Crippen LogP contribution in [0.4, 0.5) is 0 Å². The minimum absolute atomic E-state index is 0.0439. The minimum atomic E-state index is -3.92. The van der Waals surface area contributed by atoms with Crippen LogP contribution < -0.4 is 5.32 Å². The third-order valence-electron chi connectivity index (χ3n) is 5.95. The first-order valence-electron chi connectivity index (χ1n) is 10.9. The van der Waals surface area contributed by atoms with Crippen molar-refractivity contribution in [1.82, 2.24) is 9.29 Å². The monoisotopic (exact) mass is 526 g/mol. The lowest BCUT2D eigenvalue weighted by Gasteiger charge is -2.26. The number of aromatic nitrogens is 1. The fourth-order valence-corrected chi connectivity index (χ4v) is 5.46. The first-order chi connectivity index (χ1) is 17.0. The molecule has 36 heavy (non-hydrogen) atoms. The Hall–Kier alpha value is -3.66. The van der Waals surface area contributed by atoms with Gasteiger partial charge in [-0.2, -0.15) is 5.26 Å². The van der Waals surface area contributed by atoms with Crippen molar-refractivity contribution in [3.63, 3.8) is 0 Å². The molecule has 4 aromatic rings. The van der Waals surface area contributed by atoms with Crippen molar-refractivity contribution in [2.24, 2.45) is 0 Å². The summed E-state index contributed by atoms with van der Waals surface area (Å²) in [4.78, 5) is 28.2. The van der Waals surface area contributed by atoms with Crippen LogP contribution in [0, 0.1) is 0 Å². The molecule has 0 radical (unpaired) electrons.